The van der Waals surface area contributed by atoms with Crippen LogP contribution in [0.1, 0.15) is 55.3 Å². The molecule has 0 amide bonds. The molecule has 4 aromatic rings. The Kier molecular flexibility index (Phi) is 9.42. The van der Waals surface area contributed by atoms with Gasteiger partial charge in [-0.15, -0.1) is 0 Å². The van der Waals surface area contributed by atoms with E-state index < -0.39 is 15.8 Å². The molecule has 0 fully saturated rings. The van der Waals surface area contributed by atoms with Crippen molar-refractivity contribution in [1.29, 1.82) is 0 Å². The molecule has 0 atom stereocenters. The maximum atomic E-state index is 14.8. The first-order valence-electron chi connectivity index (χ1n) is 14.7. The van der Waals surface area contributed by atoms with E-state index >= 15 is 0 Å². The van der Waals surface area contributed by atoms with E-state index in [2.05, 4.69) is 52.5 Å². The van der Waals surface area contributed by atoms with Gasteiger partial charge in [-0.05, 0) is 60.2 Å². The van der Waals surface area contributed by atoms with Crippen LogP contribution in [0.4, 0.5) is 10.1 Å². The topological polar surface area (TPSA) is 84.4 Å². The average molecular weight is 603 g/mol. The molecule has 0 unspecified atom stereocenters. The Morgan fingerprint density at radius 2 is 1.77 bits per heavy atom. The summed E-state index contributed by atoms with van der Waals surface area (Å²) < 4.78 is 49.2. The van der Waals surface area contributed by atoms with Crippen LogP contribution in [0, 0.1) is 5.82 Å². The van der Waals surface area contributed by atoms with E-state index in [0.29, 0.717) is 12.4 Å². The summed E-state index contributed by atoms with van der Waals surface area (Å²) in [5, 5.41) is 0. The maximum absolute atomic E-state index is 14.8. The lowest BCUT2D eigenvalue weighted by Gasteiger charge is -2.29. The summed E-state index contributed by atoms with van der Waals surface area (Å²) in [7, 11) is -3.97. The Labute approximate surface area is 254 Å². The van der Waals surface area contributed by atoms with Crippen LogP contribution in [0.2, 0.25) is 0 Å². The fraction of sp³-hybridized carbons (Fsp3) is 0.353. The van der Waals surface area contributed by atoms with Crippen molar-refractivity contribution in [2.24, 2.45) is 0 Å². The molecule has 9 heteroatoms. The number of nitrogens with zero attached hydrogens (tertiary/aromatic N) is 3. The van der Waals surface area contributed by atoms with E-state index in [4.69, 9.17) is 4.74 Å². The summed E-state index contributed by atoms with van der Waals surface area (Å²) in [6.07, 6.45) is 6.90. The fourth-order valence-corrected chi connectivity index (χ4v) is 6.19. The Balaban J connectivity index is 1.14. The minimum absolute atomic E-state index is 0.0273. The molecule has 3 aromatic carbocycles. The number of halogens is 1. The van der Waals surface area contributed by atoms with Gasteiger partial charge in [0.15, 0.2) is 5.82 Å². The van der Waals surface area contributed by atoms with E-state index in [-0.39, 0.29) is 16.0 Å². The van der Waals surface area contributed by atoms with Crippen molar-refractivity contribution in [1.82, 2.24) is 14.9 Å². The predicted molar refractivity (Wildman–Crippen MR) is 167 cm³/mol. The number of fused-ring (bicyclic) bond motifs is 1. The van der Waals surface area contributed by atoms with Gasteiger partial charge in [-0.2, -0.15) is 0 Å². The van der Waals surface area contributed by atoms with Crippen molar-refractivity contribution < 1.29 is 17.5 Å². The molecule has 0 saturated heterocycles. The summed E-state index contributed by atoms with van der Waals surface area (Å²) in [6, 6.07) is 19.4. The molecule has 7 nitrogen and oxygen atoms in total. The van der Waals surface area contributed by atoms with Gasteiger partial charge in [-0.3, -0.25) is 19.6 Å². The predicted octanol–water partition coefficient (Wildman–Crippen LogP) is 6.33. The Hall–Kier alpha value is -3.82. The molecule has 1 aliphatic rings. The lowest BCUT2D eigenvalue weighted by atomic mass is 9.93. The minimum atomic E-state index is -3.97. The second kappa shape index (κ2) is 13.2. The Morgan fingerprint density at radius 1 is 0.953 bits per heavy atom. The molecule has 0 saturated carbocycles. The SMILES string of the molecule is CC(C)(C)c1cnc(CCN2CCc3cc(S(=O)(=O)Nc4ccc(OCCCc5ccccc5)cc4F)ccc3C2)cn1. The molecule has 0 spiro atoms. The number of aryl methyl sites for hydroxylation is 1. The van der Waals surface area contributed by atoms with E-state index in [0.717, 1.165) is 67.8 Å². The van der Waals surface area contributed by atoms with Crippen LogP contribution in [-0.4, -0.2) is 43.0 Å². The lowest BCUT2D eigenvalue weighted by Crippen LogP contribution is -2.32. The van der Waals surface area contributed by atoms with E-state index in [1.54, 1.807) is 18.2 Å². The molecule has 0 bridgehead atoms. The molecular formula is C34H39FN4O3S. The summed E-state index contributed by atoms with van der Waals surface area (Å²) in [6.45, 7) is 9.19. The second-order valence-corrected chi connectivity index (χ2v) is 13.7. The van der Waals surface area contributed by atoms with Crippen LogP contribution in [0.3, 0.4) is 0 Å². The van der Waals surface area contributed by atoms with Crippen LogP contribution in [0.15, 0.2) is 84.0 Å². The standard InChI is InChI=1S/C34H39FN4O3S/c1-34(2,3)33-23-36-28(22-37-33)16-18-39-17-15-26-20-30(13-11-27(26)24-39)43(40,41)38-32-14-12-29(21-31(32)35)42-19-7-10-25-8-5-4-6-9-25/h4-6,8-9,11-14,20-23,38H,7,10,15-19,24H2,1-3H3. The van der Waals surface area contributed by atoms with Gasteiger partial charge >= 0.3 is 0 Å². The van der Waals surface area contributed by atoms with Gasteiger partial charge in [0.05, 0.1) is 28.6 Å². The average Bonchev–Trinajstić information content (AvgIpc) is 2.99. The largest absolute Gasteiger partial charge is 0.493 e. The number of benzene rings is 3. The van der Waals surface area contributed by atoms with Gasteiger partial charge in [-0.1, -0.05) is 57.2 Å². The first kappa shape index (κ1) is 30.6. The number of hydrogen-bond acceptors (Lipinski definition) is 6. The van der Waals surface area contributed by atoms with Crippen LogP contribution in [-0.2, 0) is 41.2 Å². The number of hydrogen-bond donors (Lipinski definition) is 1. The normalized spacial score (nSPS) is 13.9. The number of aromatic nitrogens is 2. The molecule has 0 radical (unpaired) electrons. The zero-order valence-corrected chi connectivity index (χ0v) is 25.8. The monoisotopic (exact) mass is 602 g/mol. The smallest absolute Gasteiger partial charge is 0.261 e. The van der Waals surface area contributed by atoms with Crippen LogP contribution < -0.4 is 9.46 Å². The summed E-state index contributed by atoms with van der Waals surface area (Å²) >= 11 is 0. The van der Waals surface area contributed by atoms with Gasteiger partial charge in [0.1, 0.15) is 5.75 Å². The first-order valence-corrected chi connectivity index (χ1v) is 16.2. The van der Waals surface area contributed by atoms with Crippen molar-refractivity contribution in [3.05, 3.63) is 113 Å². The second-order valence-electron chi connectivity index (χ2n) is 12.0. The zero-order chi connectivity index (χ0) is 30.5. The minimum Gasteiger partial charge on any atom is -0.493 e. The third-order valence-electron chi connectivity index (χ3n) is 7.64. The summed E-state index contributed by atoms with van der Waals surface area (Å²) in [5.74, 6) is -0.323. The lowest BCUT2D eigenvalue weighted by molar-refractivity contribution is 0.256. The van der Waals surface area contributed by atoms with E-state index in [1.807, 2.05) is 36.7 Å². The van der Waals surface area contributed by atoms with Gasteiger partial charge in [0.25, 0.3) is 10.0 Å². The van der Waals surface area contributed by atoms with Gasteiger partial charge in [0.2, 0.25) is 0 Å². The van der Waals surface area contributed by atoms with Crippen LogP contribution in [0.25, 0.3) is 0 Å². The van der Waals surface area contributed by atoms with Crippen LogP contribution >= 0.6 is 0 Å². The molecule has 1 aliphatic heterocycles. The number of nitrogens with one attached hydrogen (secondary N) is 1. The van der Waals surface area contributed by atoms with Gasteiger partial charge in [-0.25, -0.2) is 12.8 Å². The summed E-state index contributed by atoms with van der Waals surface area (Å²) in [4.78, 5) is 11.6. The highest BCUT2D eigenvalue weighted by molar-refractivity contribution is 7.92. The van der Waals surface area contributed by atoms with Gasteiger partial charge in [0, 0.05) is 49.9 Å². The zero-order valence-electron chi connectivity index (χ0n) is 25.0. The molecule has 2 heterocycles. The number of sulfonamides is 1. The van der Waals surface area contributed by atoms with Crippen molar-refractivity contribution in [2.45, 2.75) is 63.3 Å². The molecule has 43 heavy (non-hydrogen) atoms. The highest BCUT2D eigenvalue weighted by atomic mass is 32.2. The molecule has 1 aromatic heterocycles. The van der Waals surface area contributed by atoms with Crippen molar-refractivity contribution in [3.8, 4) is 5.75 Å². The third kappa shape index (κ3) is 8.18. The quantitative estimate of drug-likeness (QED) is 0.202. The third-order valence-corrected chi connectivity index (χ3v) is 9.01. The molecule has 1 N–H and O–H groups in total. The van der Waals surface area contributed by atoms with E-state index in [9.17, 15) is 12.8 Å². The van der Waals surface area contributed by atoms with E-state index in [1.165, 1.54) is 17.7 Å². The molecule has 0 aliphatic carbocycles. The maximum Gasteiger partial charge on any atom is 0.261 e. The molecular weight excluding hydrogens is 563 g/mol. The first-order chi connectivity index (χ1) is 20.6. The van der Waals surface area contributed by atoms with Crippen molar-refractivity contribution in [2.75, 3.05) is 24.4 Å². The van der Waals surface area contributed by atoms with Crippen molar-refractivity contribution in [3.63, 3.8) is 0 Å². The number of ether oxygens (including phenoxy) is 1. The highest BCUT2D eigenvalue weighted by Crippen LogP contribution is 2.27. The fourth-order valence-electron chi connectivity index (χ4n) is 5.07. The molecule has 226 valence electrons. The van der Waals surface area contributed by atoms with Crippen molar-refractivity contribution >= 4 is 15.7 Å². The highest BCUT2D eigenvalue weighted by Gasteiger charge is 2.22. The summed E-state index contributed by atoms with van der Waals surface area (Å²) in [5.41, 5.74) is 5.10. The number of rotatable bonds is 11. The van der Waals surface area contributed by atoms with Gasteiger partial charge < -0.3 is 4.74 Å². The number of anilines is 1. The Morgan fingerprint density at radius 3 is 2.49 bits per heavy atom. The molecule has 5 rings (SSSR count). The van der Waals surface area contributed by atoms with Crippen LogP contribution in [0.5, 0.6) is 5.75 Å². The Bertz CT molecular complexity index is 1640.